The fourth-order valence-corrected chi connectivity index (χ4v) is 4.21. The summed E-state index contributed by atoms with van der Waals surface area (Å²) in [6.45, 7) is 0. The van der Waals surface area contributed by atoms with E-state index in [1.165, 1.54) is 12.4 Å². The van der Waals surface area contributed by atoms with Gasteiger partial charge < -0.3 is 5.73 Å². The van der Waals surface area contributed by atoms with Crippen LogP contribution < -0.4 is 5.73 Å². The molecule has 2 unspecified atom stereocenters. The predicted octanol–water partition coefficient (Wildman–Crippen LogP) is 1.24. The molecule has 10 heteroatoms. The highest BCUT2D eigenvalue weighted by atomic mass is 32.2. The van der Waals surface area contributed by atoms with Crippen molar-refractivity contribution in [3.8, 4) is 0 Å². The second kappa shape index (κ2) is 6.29. The van der Waals surface area contributed by atoms with Crippen molar-refractivity contribution in [2.75, 3.05) is 11.5 Å². The Morgan fingerprint density at radius 3 is 2.68 bits per heavy atom. The maximum absolute atomic E-state index is 13.1. The van der Waals surface area contributed by atoms with Crippen LogP contribution in [0.3, 0.4) is 0 Å². The van der Waals surface area contributed by atoms with Crippen LogP contribution in [0.25, 0.3) is 0 Å². The summed E-state index contributed by atoms with van der Waals surface area (Å²) >= 11 is 0. The van der Waals surface area contributed by atoms with Gasteiger partial charge in [-0.3, -0.25) is 14.8 Å². The maximum atomic E-state index is 13.1. The summed E-state index contributed by atoms with van der Waals surface area (Å²) in [5, 5.41) is 0. The van der Waals surface area contributed by atoms with E-state index in [2.05, 4.69) is 14.3 Å². The van der Waals surface area contributed by atoms with Gasteiger partial charge in [-0.25, -0.2) is 4.21 Å². The Morgan fingerprint density at radius 1 is 1.41 bits per heavy atom. The van der Waals surface area contributed by atoms with Crippen LogP contribution in [0.2, 0.25) is 0 Å². The van der Waals surface area contributed by atoms with Gasteiger partial charge in [0.1, 0.15) is 0 Å². The minimum absolute atomic E-state index is 0.0327. The third kappa shape index (κ3) is 4.01. The molecule has 22 heavy (non-hydrogen) atoms. The van der Waals surface area contributed by atoms with E-state index in [-0.39, 0.29) is 23.6 Å². The Morgan fingerprint density at radius 2 is 2.14 bits per heavy atom. The number of aromatic nitrogens is 2. The molecule has 0 saturated heterocycles. The Kier molecular flexibility index (Phi) is 4.81. The molecule has 0 bridgehead atoms. The summed E-state index contributed by atoms with van der Waals surface area (Å²) in [5.41, 5.74) is 5.21. The van der Waals surface area contributed by atoms with Gasteiger partial charge in [0, 0.05) is 30.1 Å². The molecular weight excluding hydrogens is 321 g/mol. The van der Waals surface area contributed by atoms with Crippen molar-refractivity contribution < 1.29 is 22.2 Å². The lowest BCUT2D eigenvalue weighted by Gasteiger charge is -2.22. The number of nitrogens with two attached hydrogens (primary N) is 1. The zero-order valence-corrected chi connectivity index (χ0v) is 12.3. The van der Waals surface area contributed by atoms with Crippen molar-refractivity contribution in [3.05, 3.63) is 24.3 Å². The summed E-state index contributed by atoms with van der Waals surface area (Å²) in [4.78, 5) is 18.7. The van der Waals surface area contributed by atoms with Crippen LogP contribution in [-0.4, -0.2) is 43.8 Å². The Balaban J connectivity index is 2.18. The number of amides is 1. The van der Waals surface area contributed by atoms with Crippen LogP contribution in [-0.2, 0) is 14.5 Å². The number of halogens is 3. The molecule has 122 valence electrons. The second-order valence-corrected chi connectivity index (χ2v) is 7.56. The van der Waals surface area contributed by atoms with Crippen LogP contribution in [0.4, 0.5) is 13.2 Å². The first kappa shape index (κ1) is 16.8. The minimum atomic E-state index is -4.54. The smallest absolute Gasteiger partial charge is 0.320 e. The molecule has 1 aromatic heterocycles. The molecule has 0 spiro atoms. The SMILES string of the molecule is N[C@H]1CCS(=O)(CCC(c2cnccn2)C(F)(F)F)=NC1=O. The highest BCUT2D eigenvalue weighted by Gasteiger charge is 2.42. The lowest BCUT2D eigenvalue weighted by Crippen LogP contribution is -2.37. The quantitative estimate of drug-likeness (QED) is 0.892. The fourth-order valence-electron chi connectivity index (χ4n) is 2.13. The van der Waals surface area contributed by atoms with Crippen LogP contribution >= 0.6 is 0 Å². The molecule has 0 aromatic carbocycles. The molecule has 1 aliphatic heterocycles. The molecule has 0 saturated carbocycles. The van der Waals surface area contributed by atoms with Crippen LogP contribution in [0.5, 0.6) is 0 Å². The molecule has 0 radical (unpaired) electrons. The first-order valence-corrected chi connectivity index (χ1v) is 8.41. The number of hydrogen-bond acceptors (Lipinski definition) is 5. The van der Waals surface area contributed by atoms with Gasteiger partial charge in [0.2, 0.25) is 0 Å². The van der Waals surface area contributed by atoms with Crippen molar-refractivity contribution in [2.24, 2.45) is 10.1 Å². The predicted molar refractivity (Wildman–Crippen MR) is 73.3 cm³/mol. The number of alkyl halides is 3. The van der Waals surface area contributed by atoms with Crippen LogP contribution in [0, 0.1) is 0 Å². The van der Waals surface area contributed by atoms with Crippen molar-refractivity contribution in [1.82, 2.24) is 9.97 Å². The molecule has 2 N–H and O–H groups in total. The topological polar surface area (TPSA) is 98.3 Å². The van der Waals surface area contributed by atoms with E-state index < -0.39 is 40.2 Å². The Hall–Kier alpha value is -1.55. The fraction of sp³-hybridized carbons (Fsp3) is 0.583. The Bertz CT molecular complexity index is 656. The molecule has 2 heterocycles. The lowest BCUT2D eigenvalue weighted by atomic mass is 10.0. The zero-order chi connectivity index (χ0) is 16.4. The van der Waals surface area contributed by atoms with Gasteiger partial charge in [0.05, 0.1) is 27.4 Å². The summed E-state index contributed by atoms with van der Waals surface area (Å²) in [6.07, 6.45) is -1.36. The van der Waals surface area contributed by atoms with Gasteiger partial charge >= 0.3 is 6.18 Å². The number of nitrogens with zero attached hydrogens (tertiary/aromatic N) is 3. The highest BCUT2D eigenvalue weighted by molar-refractivity contribution is 7.93. The molecule has 2 rings (SSSR count). The average molecular weight is 336 g/mol. The third-order valence-corrected chi connectivity index (χ3v) is 5.64. The van der Waals surface area contributed by atoms with E-state index in [0.29, 0.717) is 0 Å². The first-order chi connectivity index (χ1) is 10.2. The van der Waals surface area contributed by atoms with Gasteiger partial charge in [-0.05, 0) is 12.8 Å². The van der Waals surface area contributed by atoms with Crippen molar-refractivity contribution in [1.29, 1.82) is 0 Å². The number of hydrogen-bond donors (Lipinski definition) is 1. The van der Waals surface area contributed by atoms with Gasteiger partial charge in [-0.1, -0.05) is 0 Å². The first-order valence-electron chi connectivity index (χ1n) is 6.56. The summed E-state index contributed by atoms with van der Waals surface area (Å²) in [5.74, 6) is -2.89. The average Bonchev–Trinajstić information content (AvgIpc) is 2.43. The van der Waals surface area contributed by atoms with E-state index in [0.717, 1.165) is 6.20 Å². The van der Waals surface area contributed by atoms with Crippen LogP contribution in [0.1, 0.15) is 24.5 Å². The number of carbonyl (C=O) groups excluding carboxylic acids is 1. The van der Waals surface area contributed by atoms with Gasteiger partial charge in [0.15, 0.2) is 0 Å². The largest absolute Gasteiger partial charge is 0.397 e. The van der Waals surface area contributed by atoms with E-state index in [4.69, 9.17) is 5.73 Å². The van der Waals surface area contributed by atoms with Crippen molar-refractivity contribution in [3.63, 3.8) is 0 Å². The van der Waals surface area contributed by atoms with E-state index >= 15 is 0 Å². The molecule has 3 atom stereocenters. The second-order valence-electron chi connectivity index (χ2n) is 5.02. The molecular formula is C12H15F3N4O2S. The number of rotatable bonds is 4. The van der Waals surface area contributed by atoms with Crippen molar-refractivity contribution >= 4 is 15.6 Å². The molecule has 1 aromatic rings. The highest BCUT2D eigenvalue weighted by Crippen LogP contribution is 2.36. The molecule has 0 aliphatic carbocycles. The van der Waals surface area contributed by atoms with Crippen molar-refractivity contribution in [2.45, 2.75) is 31.0 Å². The Labute approximate surface area is 125 Å². The monoisotopic (exact) mass is 336 g/mol. The molecule has 1 amide bonds. The lowest BCUT2D eigenvalue weighted by molar-refractivity contribution is -0.151. The molecule has 0 fully saturated rings. The van der Waals surface area contributed by atoms with Gasteiger partial charge in [0.25, 0.3) is 5.91 Å². The third-order valence-electron chi connectivity index (χ3n) is 3.38. The summed E-state index contributed by atoms with van der Waals surface area (Å²) in [6, 6.07) is -0.812. The summed E-state index contributed by atoms with van der Waals surface area (Å²) in [7, 11) is -2.99. The van der Waals surface area contributed by atoms with E-state index in [1.54, 1.807) is 0 Å². The summed E-state index contributed by atoms with van der Waals surface area (Å²) < 4.78 is 55.3. The number of carbonyl (C=O) groups is 1. The van der Waals surface area contributed by atoms with Crippen LogP contribution in [0.15, 0.2) is 23.0 Å². The molecule has 6 nitrogen and oxygen atoms in total. The van der Waals surface area contributed by atoms with E-state index in [9.17, 15) is 22.2 Å². The van der Waals surface area contributed by atoms with Gasteiger partial charge in [-0.2, -0.15) is 17.5 Å². The zero-order valence-electron chi connectivity index (χ0n) is 11.5. The minimum Gasteiger partial charge on any atom is -0.320 e. The standard InChI is InChI=1S/C12H15F3N4O2S/c13-12(14,15)8(10-7-17-3-4-18-10)1-5-22(21)6-2-9(16)11(20)19-22/h3-4,7-9H,1-2,5-6,16H2/t8?,9-,22?/m0/s1. The van der Waals surface area contributed by atoms with E-state index in [1.807, 2.05) is 0 Å². The molecule has 1 aliphatic rings. The van der Waals surface area contributed by atoms with Gasteiger partial charge in [-0.15, -0.1) is 0 Å². The normalized spacial score (nSPS) is 27.3. The maximum Gasteiger partial charge on any atom is 0.397 e.